The third-order valence-electron chi connectivity index (χ3n) is 2.41. The number of rotatable bonds is 7. The highest BCUT2D eigenvalue weighted by Gasteiger charge is 2.16. The third kappa shape index (κ3) is 4.82. The molecule has 0 aliphatic heterocycles. The van der Waals surface area contributed by atoms with E-state index in [1.54, 1.807) is 0 Å². The van der Waals surface area contributed by atoms with E-state index in [1.807, 2.05) is 6.92 Å². The first-order valence-corrected chi connectivity index (χ1v) is 6.05. The molecule has 0 aromatic heterocycles. The number of carbonyl (C=O) groups excluding carboxylic acids is 1. The topological polar surface area (TPSA) is 61.5 Å². The Morgan fingerprint density at radius 3 is 2.63 bits per heavy atom. The molecule has 106 valence electrons. The molecule has 0 heterocycles. The van der Waals surface area contributed by atoms with Crippen LogP contribution in [0.4, 0.5) is 14.5 Å². The molecule has 2 N–H and O–H groups in total. The summed E-state index contributed by atoms with van der Waals surface area (Å²) in [5, 5.41) is 0. The Labute approximate surface area is 110 Å². The smallest absolute Gasteiger partial charge is 0.341 e. The molecule has 0 fully saturated rings. The number of ether oxygens (including phenoxy) is 2. The van der Waals surface area contributed by atoms with Gasteiger partial charge in [-0.05, 0) is 12.5 Å². The van der Waals surface area contributed by atoms with Crippen molar-refractivity contribution in [2.45, 2.75) is 19.8 Å². The summed E-state index contributed by atoms with van der Waals surface area (Å²) in [5.41, 5.74) is 4.35. The van der Waals surface area contributed by atoms with Crippen LogP contribution in [-0.4, -0.2) is 25.8 Å². The summed E-state index contributed by atoms with van der Waals surface area (Å²) in [6.07, 6.45) is 1.93. The summed E-state index contributed by atoms with van der Waals surface area (Å²) in [5.74, 6) is -2.70. The normalized spacial score (nSPS) is 10.5. The molecule has 1 aromatic rings. The summed E-state index contributed by atoms with van der Waals surface area (Å²) in [4.78, 5) is 11.5. The van der Waals surface area contributed by atoms with Gasteiger partial charge in [-0.15, -0.1) is 0 Å². The Kier molecular flexibility index (Phi) is 6.21. The number of esters is 1. The van der Waals surface area contributed by atoms with Gasteiger partial charge in [0.15, 0.2) is 0 Å². The fraction of sp³-hybridized carbons (Fsp3) is 0.462. The van der Waals surface area contributed by atoms with Gasteiger partial charge in [0.05, 0.1) is 17.9 Å². The van der Waals surface area contributed by atoms with Gasteiger partial charge in [-0.3, -0.25) is 0 Å². The van der Waals surface area contributed by atoms with Crippen molar-refractivity contribution in [3.05, 3.63) is 29.3 Å². The van der Waals surface area contributed by atoms with E-state index in [9.17, 15) is 13.6 Å². The Morgan fingerprint density at radius 2 is 1.95 bits per heavy atom. The highest BCUT2D eigenvalue weighted by Crippen LogP contribution is 2.17. The molecule has 4 nitrogen and oxygen atoms in total. The average Bonchev–Trinajstić information content (AvgIpc) is 2.37. The molecular formula is C13H17F2NO3. The molecule has 0 bridgehead atoms. The van der Waals surface area contributed by atoms with Crippen LogP contribution in [0.2, 0.25) is 0 Å². The zero-order valence-corrected chi connectivity index (χ0v) is 10.7. The van der Waals surface area contributed by atoms with Gasteiger partial charge in [0, 0.05) is 12.7 Å². The van der Waals surface area contributed by atoms with Gasteiger partial charge in [0.2, 0.25) is 0 Å². The number of anilines is 1. The number of halogens is 2. The molecule has 0 unspecified atom stereocenters. The minimum absolute atomic E-state index is 0.00597. The lowest BCUT2D eigenvalue weighted by Gasteiger charge is -2.07. The first-order chi connectivity index (χ1) is 9.06. The number of unbranched alkanes of at least 4 members (excludes halogenated alkanes) is 1. The second-order valence-corrected chi connectivity index (χ2v) is 3.96. The van der Waals surface area contributed by atoms with Gasteiger partial charge in [-0.25, -0.2) is 13.6 Å². The lowest BCUT2D eigenvalue weighted by molar-refractivity contribution is 0.0309. The van der Waals surface area contributed by atoms with Crippen LogP contribution >= 0.6 is 0 Å². The van der Waals surface area contributed by atoms with E-state index >= 15 is 0 Å². The van der Waals surface area contributed by atoms with Crippen molar-refractivity contribution in [1.29, 1.82) is 0 Å². The predicted octanol–water partition coefficient (Wildman–Crippen LogP) is 2.52. The molecule has 0 radical (unpaired) electrons. The van der Waals surface area contributed by atoms with Crippen molar-refractivity contribution < 1.29 is 23.0 Å². The number of carbonyl (C=O) groups is 1. The summed E-state index contributed by atoms with van der Waals surface area (Å²) in [7, 11) is 0. The van der Waals surface area contributed by atoms with E-state index in [1.165, 1.54) is 0 Å². The van der Waals surface area contributed by atoms with Gasteiger partial charge >= 0.3 is 5.97 Å². The van der Waals surface area contributed by atoms with Crippen LogP contribution in [-0.2, 0) is 9.47 Å². The van der Waals surface area contributed by atoms with Crippen molar-refractivity contribution in [1.82, 2.24) is 0 Å². The van der Waals surface area contributed by atoms with Gasteiger partial charge in [-0.2, -0.15) is 0 Å². The molecule has 0 aliphatic rings. The monoisotopic (exact) mass is 273 g/mol. The lowest BCUT2D eigenvalue weighted by Crippen LogP contribution is -2.13. The minimum Gasteiger partial charge on any atom is -0.460 e. The van der Waals surface area contributed by atoms with Crippen molar-refractivity contribution in [2.24, 2.45) is 0 Å². The standard InChI is InChI=1S/C13H17F2NO3/c1-2-3-4-18-5-6-19-13(17)9-7-11(15)12(16)8-10(9)14/h7-8H,2-6,16H2,1H3. The van der Waals surface area contributed by atoms with E-state index in [4.69, 9.17) is 15.2 Å². The SMILES string of the molecule is CCCCOCCOC(=O)c1cc(F)c(N)cc1F. The molecule has 0 aliphatic carbocycles. The molecule has 0 saturated carbocycles. The fourth-order valence-corrected chi connectivity index (χ4v) is 1.34. The summed E-state index contributed by atoms with van der Waals surface area (Å²) in [6.45, 7) is 2.83. The maximum Gasteiger partial charge on any atom is 0.341 e. The van der Waals surface area contributed by atoms with Crippen LogP contribution in [0.1, 0.15) is 30.1 Å². The summed E-state index contributed by atoms with van der Waals surface area (Å²) in [6, 6.07) is 1.48. The molecule has 6 heteroatoms. The summed E-state index contributed by atoms with van der Waals surface area (Å²) >= 11 is 0. The number of nitrogens with two attached hydrogens (primary N) is 1. The Bertz CT molecular complexity index is 438. The quantitative estimate of drug-likeness (QED) is 0.471. The zero-order chi connectivity index (χ0) is 14.3. The van der Waals surface area contributed by atoms with Gasteiger partial charge in [0.25, 0.3) is 0 Å². The molecule has 1 aromatic carbocycles. The second-order valence-electron chi connectivity index (χ2n) is 3.96. The molecule has 0 spiro atoms. The maximum atomic E-state index is 13.4. The Morgan fingerprint density at radius 1 is 1.21 bits per heavy atom. The molecule has 0 saturated heterocycles. The highest BCUT2D eigenvalue weighted by atomic mass is 19.1. The molecule has 0 atom stereocenters. The van der Waals surface area contributed by atoms with Crippen molar-refractivity contribution in [2.75, 3.05) is 25.6 Å². The number of benzene rings is 1. The Balaban J connectivity index is 2.43. The van der Waals surface area contributed by atoms with Crippen LogP contribution in [0, 0.1) is 11.6 Å². The first-order valence-electron chi connectivity index (χ1n) is 6.05. The average molecular weight is 273 g/mol. The van der Waals surface area contributed by atoms with E-state index in [0.29, 0.717) is 6.61 Å². The van der Waals surface area contributed by atoms with E-state index in [0.717, 1.165) is 25.0 Å². The molecule has 19 heavy (non-hydrogen) atoms. The second kappa shape index (κ2) is 7.68. The predicted molar refractivity (Wildman–Crippen MR) is 66.8 cm³/mol. The largest absolute Gasteiger partial charge is 0.460 e. The highest BCUT2D eigenvalue weighted by molar-refractivity contribution is 5.90. The van der Waals surface area contributed by atoms with Crippen LogP contribution in [0.15, 0.2) is 12.1 Å². The fourth-order valence-electron chi connectivity index (χ4n) is 1.34. The number of hydrogen-bond acceptors (Lipinski definition) is 4. The Hall–Kier alpha value is -1.69. The third-order valence-corrected chi connectivity index (χ3v) is 2.41. The van der Waals surface area contributed by atoms with Gasteiger partial charge in [0.1, 0.15) is 18.2 Å². The van der Waals surface area contributed by atoms with Crippen molar-refractivity contribution in [3.63, 3.8) is 0 Å². The molecule has 1 rings (SSSR count). The minimum atomic E-state index is -0.935. The van der Waals surface area contributed by atoms with Crippen molar-refractivity contribution >= 4 is 11.7 Å². The molecule has 0 amide bonds. The van der Waals surface area contributed by atoms with Crippen LogP contribution in [0.25, 0.3) is 0 Å². The van der Waals surface area contributed by atoms with Crippen molar-refractivity contribution in [3.8, 4) is 0 Å². The van der Waals surface area contributed by atoms with E-state index in [2.05, 4.69) is 0 Å². The maximum absolute atomic E-state index is 13.4. The van der Waals surface area contributed by atoms with E-state index in [-0.39, 0.29) is 18.9 Å². The van der Waals surface area contributed by atoms with E-state index < -0.39 is 23.2 Å². The van der Waals surface area contributed by atoms with Crippen LogP contribution < -0.4 is 5.73 Å². The zero-order valence-electron chi connectivity index (χ0n) is 10.7. The lowest BCUT2D eigenvalue weighted by atomic mass is 10.2. The number of hydrogen-bond donors (Lipinski definition) is 1. The van der Waals surface area contributed by atoms with Crippen LogP contribution in [0.5, 0.6) is 0 Å². The summed E-state index contributed by atoms with van der Waals surface area (Å²) < 4.78 is 36.4. The van der Waals surface area contributed by atoms with Crippen LogP contribution in [0.3, 0.4) is 0 Å². The van der Waals surface area contributed by atoms with Gasteiger partial charge in [-0.1, -0.05) is 13.3 Å². The molecular weight excluding hydrogens is 256 g/mol. The van der Waals surface area contributed by atoms with Gasteiger partial charge < -0.3 is 15.2 Å². The number of nitrogen functional groups attached to an aromatic ring is 1. The first kappa shape index (κ1) is 15.4.